The largest absolute Gasteiger partial charge is 0.497 e. The van der Waals surface area contributed by atoms with E-state index in [9.17, 15) is 0 Å². The van der Waals surface area contributed by atoms with Gasteiger partial charge in [0.15, 0.2) is 0 Å². The van der Waals surface area contributed by atoms with Crippen LogP contribution in [0, 0.1) is 0 Å². The number of allylic oxidation sites excluding steroid dienone is 1. The molecule has 0 aromatic heterocycles. The van der Waals surface area contributed by atoms with Gasteiger partial charge in [-0.05, 0) is 18.9 Å². The molecule has 1 saturated carbocycles. The van der Waals surface area contributed by atoms with Gasteiger partial charge in [-0.15, -0.1) is 0 Å². The van der Waals surface area contributed by atoms with Crippen molar-refractivity contribution in [2.75, 3.05) is 14.2 Å². The normalized spacial score (nSPS) is 26.6. The van der Waals surface area contributed by atoms with Gasteiger partial charge in [0, 0.05) is 19.6 Å². The third-order valence-electron chi connectivity index (χ3n) is 2.44. The summed E-state index contributed by atoms with van der Waals surface area (Å²) in [6.45, 7) is 0. The Kier molecular flexibility index (Phi) is 2.77. The van der Waals surface area contributed by atoms with Gasteiger partial charge in [0.05, 0.1) is 19.3 Å². The number of hydrogen-bond donors (Lipinski definition) is 0. The van der Waals surface area contributed by atoms with Gasteiger partial charge in [0.1, 0.15) is 11.5 Å². The Labute approximate surface area is 84.3 Å². The van der Waals surface area contributed by atoms with E-state index < -0.39 is 0 Å². The quantitative estimate of drug-likeness (QED) is 0.688. The van der Waals surface area contributed by atoms with E-state index in [2.05, 4.69) is 0 Å². The van der Waals surface area contributed by atoms with Crippen LogP contribution in [0.1, 0.15) is 19.3 Å². The predicted molar refractivity (Wildman–Crippen MR) is 52.7 cm³/mol. The summed E-state index contributed by atoms with van der Waals surface area (Å²) in [5.41, 5.74) is 0. The predicted octanol–water partition coefficient (Wildman–Crippen LogP) is 2.00. The van der Waals surface area contributed by atoms with Gasteiger partial charge in [-0.3, -0.25) is 0 Å². The summed E-state index contributed by atoms with van der Waals surface area (Å²) in [6, 6.07) is 0. The second-order valence-corrected chi connectivity index (χ2v) is 3.68. The zero-order valence-electron chi connectivity index (χ0n) is 8.66. The number of methoxy groups -OCH3 is 2. The summed E-state index contributed by atoms with van der Waals surface area (Å²) in [7, 11) is 3.36. The van der Waals surface area contributed by atoms with E-state index in [1.807, 2.05) is 12.2 Å². The van der Waals surface area contributed by atoms with E-state index in [0.29, 0.717) is 6.10 Å². The number of ether oxygens (including phenoxy) is 3. The number of rotatable bonds is 4. The third-order valence-corrected chi connectivity index (χ3v) is 2.44. The lowest BCUT2D eigenvalue weighted by Crippen LogP contribution is -2.15. The smallest absolute Gasteiger partial charge is 0.120 e. The van der Waals surface area contributed by atoms with Crippen LogP contribution in [0.5, 0.6) is 0 Å². The van der Waals surface area contributed by atoms with Crippen LogP contribution < -0.4 is 0 Å². The molecule has 2 rings (SSSR count). The van der Waals surface area contributed by atoms with Crippen molar-refractivity contribution in [3.8, 4) is 0 Å². The van der Waals surface area contributed by atoms with E-state index in [4.69, 9.17) is 14.2 Å². The van der Waals surface area contributed by atoms with E-state index in [-0.39, 0.29) is 6.10 Å². The summed E-state index contributed by atoms with van der Waals surface area (Å²) < 4.78 is 16.2. The first-order chi connectivity index (χ1) is 6.81. The fourth-order valence-electron chi connectivity index (χ4n) is 1.47. The van der Waals surface area contributed by atoms with Gasteiger partial charge in [-0.2, -0.15) is 0 Å². The lowest BCUT2D eigenvalue weighted by molar-refractivity contribution is 0.100. The Balaban J connectivity index is 2.00. The van der Waals surface area contributed by atoms with E-state index in [1.54, 1.807) is 14.2 Å². The van der Waals surface area contributed by atoms with Crippen molar-refractivity contribution in [3.05, 3.63) is 23.7 Å². The Morgan fingerprint density at radius 3 is 2.64 bits per heavy atom. The van der Waals surface area contributed by atoms with Gasteiger partial charge in [-0.1, -0.05) is 0 Å². The van der Waals surface area contributed by atoms with Crippen molar-refractivity contribution in [2.45, 2.75) is 31.5 Å². The first kappa shape index (κ1) is 9.59. The Morgan fingerprint density at radius 1 is 1.29 bits per heavy atom. The maximum absolute atomic E-state index is 5.73. The van der Waals surface area contributed by atoms with Gasteiger partial charge in [-0.25, -0.2) is 0 Å². The highest BCUT2D eigenvalue weighted by atomic mass is 16.5. The van der Waals surface area contributed by atoms with Crippen LogP contribution >= 0.6 is 0 Å². The molecule has 0 heterocycles. The fraction of sp³-hybridized carbons (Fsp3) is 0.636. The van der Waals surface area contributed by atoms with Gasteiger partial charge < -0.3 is 14.2 Å². The molecule has 0 N–H and O–H groups in total. The van der Waals surface area contributed by atoms with E-state index in [1.165, 1.54) is 12.8 Å². The molecule has 0 spiro atoms. The van der Waals surface area contributed by atoms with Crippen molar-refractivity contribution in [2.24, 2.45) is 0 Å². The molecular weight excluding hydrogens is 180 g/mol. The van der Waals surface area contributed by atoms with Crippen LogP contribution in [0.4, 0.5) is 0 Å². The van der Waals surface area contributed by atoms with Crippen LogP contribution in [0.15, 0.2) is 23.7 Å². The average molecular weight is 196 g/mol. The topological polar surface area (TPSA) is 27.7 Å². The maximum atomic E-state index is 5.73. The van der Waals surface area contributed by atoms with Crippen LogP contribution in [-0.4, -0.2) is 26.4 Å². The highest BCUT2D eigenvalue weighted by molar-refractivity contribution is 5.23. The summed E-state index contributed by atoms with van der Waals surface area (Å²) in [5, 5.41) is 0. The first-order valence-corrected chi connectivity index (χ1v) is 4.97. The monoisotopic (exact) mass is 196 g/mol. The standard InChI is InChI=1S/C11H16O3/c1-12-9-5-10(13-2)7-11(6-9)14-8-3-4-8/h5-6,8,10H,3-4,7H2,1-2H3. The highest BCUT2D eigenvalue weighted by Gasteiger charge is 2.26. The van der Waals surface area contributed by atoms with Crippen LogP contribution in [-0.2, 0) is 14.2 Å². The fourth-order valence-corrected chi connectivity index (χ4v) is 1.47. The minimum Gasteiger partial charge on any atom is -0.497 e. The van der Waals surface area contributed by atoms with Crippen molar-refractivity contribution in [1.29, 1.82) is 0 Å². The third kappa shape index (κ3) is 2.29. The summed E-state index contributed by atoms with van der Waals surface area (Å²) in [4.78, 5) is 0. The highest BCUT2D eigenvalue weighted by Crippen LogP contribution is 2.30. The molecule has 0 radical (unpaired) electrons. The van der Waals surface area contributed by atoms with Crippen molar-refractivity contribution >= 4 is 0 Å². The van der Waals surface area contributed by atoms with Gasteiger partial charge in [0.2, 0.25) is 0 Å². The first-order valence-electron chi connectivity index (χ1n) is 4.97. The molecule has 2 aliphatic rings. The molecule has 1 fully saturated rings. The SMILES string of the molecule is COC1=CC(OC)CC(OC2CC2)=C1. The molecule has 0 bridgehead atoms. The maximum Gasteiger partial charge on any atom is 0.120 e. The Morgan fingerprint density at radius 2 is 2.07 bits per heavy atom. The minimum absolute atomic E-state index is 0.0868. The molecule has 14 heavy (non-hydrogen) atoms. The molecule has 0 aromatic carbocycles. The summed E-state index contributed by atoms with van der Waals surface area (Å²) in [5.74, 6) is 1.82. The van der Waals surface area contributed by atoms with E-state index in [0.717, 1.165) is 17.9 Å². The zero-order valence-corrected chi connectivity index (χ0v) is 8.66. The van der Waals surface area contributed by atoms with E-state index >= 15 is 0 Å². The second kappa shape index (κ2) is 4.05. The van der Waals surface area contributed by atoms with Crippen molar-refractivity contribution in [1.82, 2.24) is 0 Å². The molecule has 0 aromatic rings. The molecule has 3 heteroatoms. The molecule has 2 aliphatic carbocycles. The Hall–Kier alpha value is -0.960. The molecule has 0 aliphatic heterocycles. The summed E-state index contributed by atoms with van der Waals surface area (Å²) >= 11 is 0. The molecule has 1 unspecified atom stereocenters. The van der Waals surface area contributed by atoms with Crippen molar-refractivity contribution in [3.63, 3.8) is 0 Å². The molecule has 3 nitrogen and oxygen atoms in total. The number of hydrogen-bond acceptors (Lipinski definition) is 3. The minimum atomic E-state index is 0.0868. The summed E-state index contributed by atoms with van der Waals surface area (Å²) in [6.07, 6.45) is 7.63. The molecule has 1 atom stereocenters. The molecule has 78 valence electrons. The molecule has 0 saturated heterocycles. The average Bonchev–Trinajstić information content (AvgIpc) is 3.01. The molecular formula is C11H16O3. The van der Waals surface area contributed by atoms with Gasteiger partial charge in [0.25, 0.3) is 0 Å². The lowest BCUT2D eigenvalue weighted by Gasteiger charge is -2.20. The van der Waals surface area contributed by atoms with Crippen LogP contribution in [0.2, 0.25) is 0 Å². The second-order valence-electron chi connectivity index (χ2n) is 3.68. The Bertz CT molecular complexity index is 264. The van der Waals surface area contributed by atoms with Crippen molar-refractivity contribution < 1.29 is 14.2 Å². The lowest BCUT2D eigenvalue weighted by atomic mass is 10.1. The van der Waals surface area contributed by atoms with Crippen LogP contribution in [0.3, 0.4) is 0 Å². The van der Waals surface area contributed by atoms with Crippen LogP contribution in [0.25, 0.3) is 0 Å². The van der Waals surface area contributed by atoms with Gasteiger partial charge >= 0.3 is 0 Å². The molecule has 0 amide bonds. The zero-order chi connectivity index (χ0) is 9.97.